The molecule has 2 N–H and O–H groups in total. The van der Waals surface area contributed by atoms with Crippen molar-refractivity contribution in [1.29, 1.82) is 0 Å². The topological polar surface area (TPSA) is 132 Å². The molecule has 2 saturated heterocycles. The number of cyclic esters (lactones) is 1. The van der Waals surface area contributed by atoms with E-state index in [1.807, 2.05) is 25.1 Å². The van der Waals surface area contributed by atoms with E-state index in [4.69, 9.17) is 18.6 Å². The van der Waals surface area contributed by atoms with Gasteiger partial charge in [0.2, 0.25) is 0 Å². The number of oxazole rings is 1. The van der Waals surface area contributed by atoms with Gasteiger partial charge in [0.1, 0.15) is 17.4 Å². The Morgan fingerprint density at radius 3 is 2.67 bits per heavy atom. The molecule has 2 aromatic rings. The summed E-state index contributed by atoms with van der Waals surface area (Å²) in [6.07, 6.45) is 0.521. The predicted molar refractivity (Wildman–Crippen MR) is 142 cm³/mol. The van der Waals surface area contributed by atoms with Crippen molar-refractivity contribution in [3.05, 3.63) is 42.3 Å². The fourth-order valence-electron chi connectivity index (χ4n) is 6.20. The molecule has 3 fully saturated rings. The molecule has 7 atom stereocenters. The summed E-state index contributed by atoms with van der Waals surface area (Å²) in [4.78, 5) is 31.5. The average molecular weight is 542 g/mol. The van der Waals surface area contributed by atoms with E-state index in [0.29, 0.717) is 49.3 Å². The lowest BCUT2D eigenvalue weighted by molar-refractivity contribution is -0.164. The molecule has 9 nitrogen and oxygen atoms in total. The van der Waals surface area contributed by atoms with Crippen LogP contribution in [0.15, 0.2) is 35.3 Å². The van der Waals surface area contributed by atoms with Gasteiger partial charge in [0.05, 0.1) is 47.8 Å². The number of esters is 1. The maximum absolute atomic E-state index is 13.8. The SMILES string of the molecule is C=CC[C@H]1C(=O)C2(CCC2)[C@@H](O)CC(=O)O[C@H](c2ccc3oc(C)nc3c2)C[C@@H]2O[C@]2(C)CCO[C@H](C)[C@H]1O. The molecule has 1 spiro atoms. The number of nitrogens with zero attached hydrogens (tertiary/aromatic N) is 1. The lowest BCUT2D eigenvalue weighted by Crippen LogP contribution is -2.54. The fraction of sp³-hybridized carbons (Fsp3) is 0.633. The van der Waals surface area contributed by atoms with Crippen LogP contribution in [0.1, 0.15) is 76.4 Å². The van der Waals surface area contributed by atoms with Crippen molar-refractivity contribution in [3.63, 3.8) is 0 Å². The second-order valence-electron chi connectivity index (χ2n) is 11.6. The number of allylic oxidation sites excluding steroid dienone is 1. The molecule has 0 radical (unpaired) electrons. The Balaban J connectivity index is 1.44. The van der Waals surface area contributed by atoms with Crippen molar-refractivity contribution in [2.75, 3.05) is 6.61 Å². The smallest absolute Gasteiger partial charge is 0.309 e. The molecule has 0 unspecified atom stereocenters. The van der Waals surface area contributed by atoms with Gasteiger partial charge in [-0.2, -0.15) is 0 Å². The third-order valence-corrected chi connectivity index (χ3v) is 8.99. The van der Waals surface area contributed by atoms with E-state index < -0.39 is 47.3 Å². The Bertz CT molecular complexity index is 1230. The number of aliphatic hydroxyl groups excluding tert-OH is 2. The molecule has 1 saturated carbocycles. The summed E-state index contributed by atoms with van der Waals surface area (Å²) in [5, 5.41) is 22.4. The van der Waals surface area contributed by atoms with Gasteiger partial charge in [-0.15, -0.1) is 6.58 Å². The van der Waals surface area contributed by atoms with Gasteiger partial charge in [-0.3, -0.25) is 9.59 Å². The van der Waals surface area contributed by atoms with E-state index >= 15 is 0 Å². The first-order valence-electron chi connectivity index (χ1n) is 13.9. The van der Waals surface area contributed by atoms with E-state index in [9.17, 15) is 19.8 Å². The van der Waals surface area contributed by atoms with Crippen LogP contribution >= 0.6 is 0 Å². The van der Waals surface area contributed by atoms with E-state index in [1.54, 1.807) is 19.9 Å². The number of ketones is 1. The number of carbonyl (C=O) groups is 2. The summed E-state index contributed by atoms with van der Waals surface area (Å²) in [5.41, 5.74) is 0.501. The molecule has 1 aliphatic carbocycles. The van der Waals surface area contributed by atoms with Gasteiger partial charge in [0.15, 0.2) is 11.5 Å². The summed E-state index contributed by atoms with van der Waals surface area (Å²) < 4.78 is 23.6. The van der Waals surface area contributed by atoms with Crippen molar-refractivity contribution in [2.24, 2.45) is 11.3 Å². The second kappa shape index (κ2) is 10.8. The number of aliphatic hydroxyl groups is 2. The molecule has 1 aromatic heterocycles. The maximum Gasteiger partial charge on any atom is 0.309 e. The van der Waals surface area contributed by atoms with Crippen molar-refractivity contribution in [1.82, 2.24) is 4.98 Å². The van der Waals surface area contributed by atoms with Crippen LogP contribution in [0, 0.1) is 18.3 Å². The third kappa shape index (κ3) is 5.42. The summed E-state index contributed by atoms with van der Waals surface area (Å²) in [6.45, 7) is 9.62. The number of rotatable bonds is 3. The van der Waals surface area contributed by atoms with Crippen molar-refractivity contribution in [3.8, 4) is 0 Å². The molecule has 0 amide bonds. The van der Waals surface area contributed by atoms with E-state index in [2.05, 4.69) is 11.6 Å². The van der Waals surface area contributed by atoms with Gasteiger partial charge in [0, 0.05) is 26.4 Å². The minimum absolute atomic E-state index is 0.167. The Labute approximate surface area is 228 Å². The number of ether oxygens (including phenoxy) is 3. The second-order valence-corrected chi connectivity index (χ2v) is 11.6. The average Bonchev–Trinajstić information content (AvgIpc) is 3.32. The first-order valence-corrected chi connectivity index (χ1v) is 13.9. The molecule has 5 rings (SSSR count). The van der Waals surface area contributed by atoms with E-state index in [0.717, 1.165) is 12.0 Å². The predicted octanol–water partition coefficient (Wildman–Crippen LogP) is 4.12. The van der Waals surface area contributed by atoms with Crippen LogP contribution in [0.5, 0.6) is 0 Å². The molecule has 39 heavy (non-hydrogen) atoms. The summed E-state index contributed by atoms with van der Waals surface area (Å²) in [5.74, 6) is -1.08. The Morgan fingerprint density at radius 2 is 1.97 bits per heavy atom. The number of Topliss-reactive ketones (excluding diaryl/α,β-unsaturated/α-hetero) is 1. The van der Waals surface area contributed by atoms with Crippen LogP contribution in [-0.4, -0.2) is 63.6 Å². The van der Waals surface area contributed by atoms with E-state index in [1.165, 1.54) is 0 Å². The molecule has 212 valence electrons. The summed E-state index contributed by atoms with van der Waals surface area (Å²) in [7, 11) is 0. The quantitative estimate of drug-likeness (QED) is 0.335. The summed E-state index contributed by atoms with van der Waals surface area (Å²) >= 11 is 0. The molecule has 9 heteroatoms. The largest absolute Gasteiger partial charge is 0.457 e. The zero-order chi connectivity index (χ0) is 27.9. The van der Waals surface area contributed by atoms with Crippen LogP contribution in [0.4, 0.5) is 0 Å². The van der Waals surface area contributed by atoms with Gasteiger partial charge in [0.25, 0.3) is 0 Å². The van der Waals surface area contributed by atoms with Crippen LogP contribution in [0.2, 0.25) is 0 Å². The Hall–Kier alpha value is -2.59. The standard InChI is InChI=1S/C30H39NO8/c1-5-7-20-27(34)17(2)36-13-12-29(4)25(39-29)15-23(19-8-9-22-21(14-19)31-18(3)37-22)38-26(33)16-24(32)30(28(20)35)10-6-11-30/h5,8-9,14,17,20,23-25,27,32,34H,1,6-7,10-13,15-16H2,2-4H3/t17-,20-,23+,24+,25+,27-,29-/m1/s1. The van der Waals surface area contributed by atoms with Crippen molar-refractivity contribution >= 4 is 22.9 Å². The number of fused-ring (bicyclic) bond motifs is 2. The van der Waals surface area contributed by atoms with Crippen LogP contribution in [0.25, 0.3) is 11.1 Å². The molecule has 0 bridgehead atoms. The first kappa shape index (κ1) is 28.0. The number of benzene rings is 1. The molecule has 3 aliphatic rings. The van der Waals surface area contributed by atoms with Crippen LogP contribution < -0.4 is 0 Å². The number of hydrogen-bond acceptors (Lipinski definition) is 9. The van der Waals surface area contributed by atoms with Gasteiger partial charge < -0.3 is 28.8 Å². The highest BCUT2D eigenvalue weighted by Crippen LogP contribution is 2.49. The molecule has 2 aliphatic heterocycles. The monoisotopic (exact) mass is 541 g/mol. The van der Waals surface area contributed by atoms with E-state index in [-0.39, 0.29) is 24.7 Å². The lowest BCUT2D eigenvalue weighted by atomic mass is 9.58. The Morgan fingerprint density at radius 1 is 1.21 bits per heavy atom. The van der Waals surface area contributed by atoms with Gasteiger partial charge in [-0.25, -0.2) is 4.98 Å². The van der Waals surface area contributed by atoms with Crippen LogP contribution in [0.3, 0.4) is 0 Å². The van der Waals surface area contributed by atoms with Crippen molar-refractivity contribution < 1.29 is 38.4 Å². The first-order chi connectivity index (χ1) is 18.6. The highest BCUT2D eigenvalue weighted by atomic mass is 16.6. The minimum atomic E-state index is -1.22. The third-order valence-electron chi connectivity index (χ3n) is 8.99. The van der Waals surface area contributed by atoms with Gasteiger partial charge in [-0.1, -0.05) is 18.6 Å². The fourth-order valence-corrected chi connectivity index (χ4v) is 6.20. The normalized spacial score (nSPS) is 35.7. The maximum atomic E-state index is 13.8. The van der Waals surface area contributed by atoms with Crippen molar-refractivity contribution in [2.45, 2.75) is 102 Å². The Kier molecular flexibility index (Phi) is 7.72. The summed E-state index contributed by atoms with van der Waals surface area (Å²) in [6, 6.07) is 5.51. The zero-order valence-electron chi connectivity index (χ0n) is 22.9. The number of aromatic nitrogens is 1. The van der Waals surface area contributed by atoms with Gasteiger partial charge in [-0.05, 0) is 50.8 Å². The highest BCUT2D eigenvalue weighted by molar-refractivity contribution is 5.90. The number of aryl methyl sites for hydroxylation is 1. The van der Waals surface area contributed by atoms with Crippen LogP contribution in [-0.2, 0) is 23.8 Å². The number of hydrogen-bond donors (Lipinski definition) is 2. The van der Waals surface area contributed by atoms with Gasteiger partial charge >= 0.3 is 5.97 Å². The molecular weight excluding hydrogens is 502 g/mol. The minimum Gasteiger partial charge on any atom is -0.457 e. The molecule has 1 aromatic carbocycles. The molecule has 3 heterocycles. The number of epoxide rings is 1. The molecular formula is C30H39NO8. The lowest BCUT2D eigenvalue weighted by Gasteiger charge is -2.46. The zero-order valence-corrected chi connectivity index (χ0v) is 22.9. The number of carbonyl (C=O) groups excluding carboxylic acids is 2. The highest BCUT2D eigenvalue weighted by Gasteiger charge is 2.55.